The van der Waals surface area contributed by atoms with Crippen molar-refractivity contribution in [3.8, 4) is 0 Å². The maximum atomic E-state index is 13.6. The number of aromatic nitrogens is 1. The fourth-order valence-electron chi connectivity index (χ4n) is 1.80. The molecule has 0 radical (unpaired) electrons. The summed E-state index contributed by atoms with van der Waals surface area (Å²) in [6, 6.07) is 3.11. The number of thiophene rings is 1. The third-order valence-electron chi connectivity index (χ3n) is 2.81. The summed E-state index contributed by atoms with van der Waals surface area (Å²) in [5, 5.41) is 4.35. The van der Waals surface area contributed by atoms with E-state index in [1.54, 1.807) is 12.1 Å². The van der Waals surface area contributed by atoms with Gasteiger partial charge in [0.2, 0.25) is 11.6 Å². The molecular weight excluding hydrogens is 292 g/mol. The van der Waals surface area contributed by atoms with E-state index in [0.29, 0.717) is 0 Å². The molecule has 0 fully saturated rings. The standard InChI is InChI=1S/C13H12F4N2S/c1-6(2)10(7-4-3-5-20-7)18-11-8(14)12(16)19-13(17)9(11)15/h3-6,10H,1-2H3,(H,18,19). The number of rotatable bonds is 4. The molecule has 20 heavy (non-hydrogen) atoms. The number of nitrogens with one attached hydrogen (secondary N) is 1. The first-order chi connectivity index (χ1) is 9.41. The largest absolute Gasteiger partial charge is 0.372 e. The summed E-state index contributed by atoms with van der Waals surface area (Å²) in [4.78, 5) is 3.34. The van der Waals surface area contributed by atoms with Gasteiger partial charge >= 0.3 is 0 Å². The molecule has 2 aromatic heterocycles. The molecule has 0 aliphatic rings. The molecule has 2 rings (SSSR count). The van der Waals surface area contributed by atoms with E-state index in [2.05, 4.69) is 10.3 Å². The summed E-state index contributed by atoms with van der Waals surface area (Å²) in [6.45, 7) is 3.67. The van der Waals surface area contributed by atoms with E-state index in [9.17, 15) is 17.6 Å². The SMILES string of the molecule is CC(C)C(Nc1c(F)c(F)nc(F)c1F)c1cccs1. The first-order valence-electron chi connectivity index (χ1n) is 5.91. The highest BCUT2D eigenvalue weighted by molar-refractivity contribution is 7.10. The van der Waals surface area contributed by atoms with Gasteiger partial charge in [-0.1, -0.05) is 19.9 Å². The van der Waals surface area contributed by atoms with Crippen LogP contribution in [0.5, 0.6) is 0 Å². The van der Waals surface area contributed by atoms with Gasteiger partial charge in [-0.3, -0.25) is 0 Å². The van der Waals surface area contributed by atoms with E-state index in [1.165, 1.54) is 11.3 Å². The Morgan fingerprint density at radius 1 is 1.10 bits per heavy atom. The lowest BCUT2D eigenvalue weighted by Gasteiger charge is -2.23. The van der Waals surface area contributed by atoms with Crippen LogP contribution in [0.3, 0.4) is 0 Å². The van der Waals surface area contributed by atoms with Crippen molar-refractivity contribution in [1.29, 1.82) is 0 Å². The molecule has 2 heterocycles. The van der Waals surface area contributed by atoms with Crippen LogP contribution in [0.1, 0.15) is 24.8 Å². The number of halogens is 4. The summed E-state index contributed by atoms with van der Waals surface area (Å²) in [5.41, 5.74) is -0.831. The predicted octanol–water partition coefficient (Wildman–Crippen LogP) is 4.51. The molecule has 0 amide bonds. The molecule has 1 atom stereocenters. The van der Waals surface area contributed by atoms with Crippen LogP contribution in [0.4, 0.5) is 23.2 Å². The molecule has 2 aromatic rings. The Labute approximate surface area is 117 Å². The van der Waals surface area contributed by atoms with Crippen LogP contribution in [-0.2, 0) is 0 Å². The third-order valence-corrected chi connectivity index (χ3v) is 3.77. The second kappa shape index (κ2) is 5.78. The Hall–Kier alpha value is -1.63. The van der Waals surface area contributed by atoms with Crippen LogP contribution in [0.2, 0.25) is 0 Å². The van der Waals surface area contributed by atoms with Gasteiger partial charge < -0.3 is 5.32 Å². The first kappa shape index (κ1) is 14.8. The highest BCUT2D eigenvalue weighted by Crippen LogP contribution is 2.32. The molecule has 0 aromatic carbocycles. The highest BCUT2D eigenvalue weighted by Gasteiger charge is 2.25. The van der Waals surface area contributed by atoms with Gasteiger partial charge in [0.25, 0.3) is 11.9 Å². The van der Waals surface area contributed by atoms with Crippen molar-refractivity contribution in [2.24, 2.45) is 5.92 Å². The van der Waals surface area contributed by atoms with Crippen LogP contribution in [0.25, 0.3) is 0 Å². The van der Waals surface area contributed by atoms with Crippen molar-refractivity contribution in [2.45, 2.75) is 19.9 Å². The first-order valence-corrected chi connectivity index (χ1v) is 6.79. The average Bonchev–Trinajstić information content (AvgIpc) is 2.90. The fourth-order valence-corrected chi connectivity index (χ4v) is 2.75. The van der Waals surface area contributed by atoms with Gasteiger partial charge in [0.15, 0.2) is 0 Å². The Bertz CT molecular complexity index is 573. The van der Waals surface area contributed by atoms with Gasteiger partial charge in [0.05, 0.1) is 6.04 Å². The monoisotopic (exact) mass is 304 g/mol. The lowest BCUT2D eigenvalue weighted by atomic mass is 10.0. The normalized spacial score (nSPS) is 12.8. The summed E-state index contributed by atoms with van der Waals surface area (Å²) in [7, 11) is 0. The van der Waals surface area contributed by atoms with Gasteiger partial charge in [-0.15, -0.1) is 11.3 Å². The van der Waals surface area contributed by atoms with E-state index in [-0.39, 0.29) is 5.92 Å². The second-order valence-corrected chi connectivity index (χ2v) is 5.56. The predicted molar refractivity (Wildman–Crippen MR) is 69.6 cm³/mol. The van der Waals surface area contributed by atoms with Gasteiger partial charge in [-0.25, -0.2) is 0 Å². The lowest BCUT2D eigenvalue weighted by molar-refractivity contribution is 0.407. The van der Waals surface area contributed by atoms with E-state index < -0.39 is 35.3 Å². The van der Waals surface area contributed by atoms with Crippen LogP contribution in [0, 0.1) is 29.4 Å². The van der Waals surface area contributed by atoms with Crippen LogP contribution >= 0.6 is 11.3 Å². The molecule has 108 valence electrons. The molecule has 2 nitrogen and oxygen atoms in total. The highest BCUT2D eigenvalue weighted by atomic mass is 32.1. The molecule has 0 spiro atoms. The van der Waals surface area contributed by atoms with Gasteiger partial charge in [0, 0.05) is 4.88 Å². The minimum Gasteiger partial charge on any atom is -0.372 e. The molecule has 0 aliphatic heterocycles. The van der Waals surface area contributed by atoms with Gasteiger partial charge in [-0.2, -0.15) is 22.5 Å². The quantitative estimate of drug-likeness (QED) is 0.664. The topological polar surface area (TPSA) is 24.9 Å². The summed E-state index contributed by atoms with van der Waals surface area (Å²) < 4.78 is 53.4. The van der Waals surface area contributed by atoms with Crippen molar-refractivity contribution in [2.75, 3.05) is 5.32 Å². The molecule has 0 saturated heterocycles. The Morgan fingerprint density at radius 3 is 2.15 bits per heavy atom. The summed E-state index contributed by atoms with van der Waals surface area (Å²) in [5.74, 6) is -6.41. The van der Waals surface area contributed by atoms with Crippen molar-refractivity contribution < 1.29 is 17.6 Å². The average molecular weight is 304 g/mol. The maximum absolute atomic E-state index is 13.6. The Balaban J connectivity index is 2.42. The van der Waals surface area contributed by atoms with Gasteiger partial charge in [-0.05, 0) is 17.4 Å². The van der Waals surface area contributed by atoms with Gasteiger partial charge in [0.1, 0.15) is 5.69 Å². The number of anilines is 1. The second-order valence-electron chi connectivity index (χ2n) is 4.58. The zero-order chi connectivity index (χ0) is 14.9. The van der Waals surface area contributed by atoms with Crippen molar-refractivity contribution in [3.05, 3.63) is 45.9 Å². The van der Waals surface area contributed by atoms with Crippen LogP contribution < -0.4 is 5.32 Å². The van der Waals surface area contributed by atoms with Crippen molar-refractivity contribution in [3.63, 3.8) is 0 Å². The van der Waals surface area contributed by atoms with E-state index in [1.807, 2.05) is 19.2 Å². The van der Waals surface area contributed by atoms with Crippen molar-refractivity contribution in [1.82, 2.24) is 4.98 Å². The molecule has 0 saturated carbocycles. The molecule has 1 unspecified atom stereocenters. The maximum Gasteiger partial charge on any atom is 0.253 e. The minimum atomic E-state index is -1.67. The van der Waals surface area contributed by atoms with E-state index in [4.69, 9.17) is 0 Å². The van der Waals surface area contributed by atoms with Crippen LogP contribution in [0.15, 0.2) is 17.5 Å². The molecule has 7 heteroatoms. The Kier molecular flexibility index (Phi) is 4.27. The number of hydrogen-bond donors (Lipinski definition) is 1. The third kappa shape index (κ3) is 2.77. The van der Waals surface area contributed by atoms with Crippen LogP contribution in [-0.4, -0.2) is 4.98 Å². The Morgan fingerprint density at radius 2 is 1.70 bits per heavy atom. The zero-order valence-corrected chi connectivity index (χ0v) is 11.6. The molecule has 0 bridgehead atoms. The smallest absolute Gasteiger partial charge is 0.253 e. The zero-order valence-electron chi connectivity index (χ0n) is 10.8. The lowest BCUT2D eigenvalue weighted by Crippen LogP contribution is -2.19. The van der Waals surface area contributed by atoms with E-state index in [0.717, 1.165) is 4.88 Å². The number of pyridine rings is 1. The minimum absolute atomic E-state index is 0.0354. The summed E-state index contributed by atoms with van der Waals surface area (Å²) >= 11 is 1.39. The molecule has 0 aliphatic carbocycles. The molecule has 1 N–H and O–H groups in total. The summed E-state index contributed by atoms with van der Waals surface area (Å²) in [6.07, 6.45) is 0. The number of hydrogen-bond acceptors (Lipinski definition) is 3. The fraction of sp³-hybridized carbons (Fsp3) is 0.308. The van der Waals surface area contributed by atoms with Crippen molar-refractivity contribution >= 4 is 17.0 Å². The van der Waals surface area contributed by atoms with E-state index >= 15 is 0 Å². The molecular formula is C13H12F4N2S. The number of nitrogens with zero attached hydrogens (tertiary/aromatic N) is 1.